The first-order valence-corrected chi connectivity index (χ1v) is 6.52. The quantitative estimate of drug-likeness (QED) is 0.800. The standard InChI is InChI=1S/C14H20N4O/c1-2-5-17-6-8-18(9-7-17)14(19)12-3-4-16-13(10-12)11-15/h2-4,10H,1,5-9,11,15H2. The highest BCUT2D eigenvalue weighted by Gasteiger charge is 2.21. The normalized spacial score (nSPS) is 16.4. The molecule has 1 aliphatic rings. The van der Waals surface area contributed by atoms with Crippen molar-refractivity contribution in [3.63, 3.8) is 0 Å². The molecule has 0 saturated carbocycles. The number of amides is 1. The molecule has 5 nitrogen and oxygen atoms in total. The van der Waals surface area contributed by atoms with Crippen LogP contribution in [0.15, 0.2) is 31.0 Å². The van der Waals surface area contributed by atoms with Crippen LogP contribution in [0.2, 0.25) is 0 Å². The van der Waals surface area contributed by atoms with E-state index in [2.05, 4.69) is 16.5 Å². The molecule has 2 N–H and O–H groups in total. The Morgan fingerprint density at radius 2 is 2.16 bits per heavy atom. The number of carbonyl (C=O) groups is 1. The molecule has 0 aliphatic carbocycles. The number of nitrogens with two attached hydrogens (primary N) is 1. The third-order valence-electron chi connectivity index (χ3n) is 3.32. The van der Waals surface area contributed by atoms with Crippen LogP contribution in [-0.4, -0.2) is 53.4 Å². The van der Waals surface area contributed by atoms with E-state index < -0.39 is 0 Å². The molecule has 1 amide bonds. The second-order valence-corrected chi connectivity index (χ2v) is 4.62. The van der Waals surface area contributed by atoms with Crippen molar-refractivity contribution in [2.24, 2.45) is 5.73 Å². The Labute approximate surface area is 113 Å². The number of aromatic nitrogens is 1. The lowest BCUT2D eigenvalue weighted by molar-refractivity contribution is 0.0650. The predicted octanol–water partition coefficient (Wildman–Crippen LogP) is 0.484. The van der Waals surface area contributed by atoms with Gasteiger partial charge in [0, 0.05) is 51.0 Å². The van der Waals surface area contributed by atoms with E-state index in [1.54, 1.807) is 18.3 Å². The second kappa shape index (κ2) is 6.45. The number of hydrogen-bond donors (Lipinski definition) is 1. The van der Waals surface area contributed by atoms with Gasteiger partial charge in [0.1, 0.15) is 0 Å². The molecular formula is C14H20N4O. The lowest BCUT2D eigenvalue weighted by Gasteiger charge is -2.34. The SMILES string of the molecule is C=CCN1CCN(C(=O)c2ccnc(CN)c2)CC1. The van der Waals surface area contributed by atoms with Crippen molar-refractivity contribution >= 4 is 5.91 Å². The van der Waals surface area contributed by atoms with Gasteiger partial charge < -0.3 is 10.6 Å². The van der Waals surface area contributed by atoms with Crippen LogP contribution in [0, 0.1) is 0 Å². The minimum Gasteiger partial charge on any atom is -0.336 e. The summed E-state index contributed by atoms with van der Waals surface area (Å²) in [6.07, 6.45) is 3.54. The van der Waals surface area contributed by atoms with Gasteiger partial charge in [0.25, 0.3) is 5.91 Å². The van der Waals surface area contributed by atoms with Crippen molar-refractivity contribution in [3.05, 3.63) is 42.2 Å². The Kier molecular flexibility index (Phi) is 4.65. The van der Waals surface area contributed by atoms with Gasteiger partial charge in [0.2, 0.25) is 0 Å². The molecule has 1 saturated heterocycles. The third kappa shape index (κ3) is 3.39. The van der Waals surface area contributed by atoms with E-state index in [1.807, 2.05) is 11.0 Å². The zero-order valence-electron chi connectivity index (χ0n) is 11.1. The highest BCUT2D eigenvalue weighted by Crippen LogP contribution is 2.09. The number of nitrogens with zero attached hydrogens (tertiary/aromatic N) is 3. The number of carbonyl (C=O) groups excluding carboxylic acids is 1. The van der Waals surface area contributed by atoms with Crippen molar-refractivity contribution in [1.29, 1.82) is 0 Å². The summed E-state index contributed by atoms with van der Waals surface area (Å²) < 4.78 is 0. The lowest BCUT2D eigenvalue weighted by atomic mass is 10.2. The molecule has 2 rings (SSSR count). The largest absolute Gasteiger partial charge is 0.336 e. The van der Waals surface area contributed by atoms with Gasteiger partial charge in [-0.2, -0.15) is 0 Å². The fourth-order valence-electron chi connectivity index (χ4n) is 2.22. The predicted molar refractivity (Wildman–Crippen MR) is 74.7 cm³/mol. The molecule has 0 atom stereocenters. The molecule has 2 heterocycles. The number of piperazine rings is 1. The van der Waals surface area contributed by atoms with Gasteiger partial charge in [0.05, 0.1) is 5.69 Å². The summed E-state index contributed by atoms with van der Waals surface area (Å²) in [5.41, 5.74) is 6.97. The molecule has 19 heavy (non-hydrogen) atoms. The van der Waals surface area contributed by atoms with Gasteiger partial charge in [-0.15, -0.1) is 6.58 Å². The zero-order chi connectivity index (χ0) is 13.7. The van der Waals surface area contributed by atoms with Gasteiger partial charge in [-0.3, -0.25) is 14.7 Å². The Bertz CT molecular complexity index is 453. The molecule has 5 heteroatoms. The monoisotopic (exact) mass is 260 g/mol. The number of hydrogen-bond acceptors (Lipinski definition) is 4. The van der Waals surface area contributed by atoms with E-state index in [-0.39, 0.29) is 5.91 Å². The van der Waals surface area contributed by atoms with Crippen LogP contribution in [-0.2, 0) is 6.54 Å². The van der Waals surface area contributed by atoms with Crippen LogP contribution in [0.1, 0.15) is 16.1 Å². The van der Waals surface area contributed by atoms with Crippen molar-refractivity contribution in [2.75, 3.05) is 32.7 Å². The van der Waals surface area contributed by atoms with E-state index in [1.165, 1.54) is 0 Å². The van der Waals surface area contributed by atoms with Crippen molar-refractivity contribution < 1.29 is 4.79 Å². The minimum absolute atomic E-state index is 0.0651. The maximum atomic E-state index is 12.4. The van der Waals surface area contributed by atoms with E-state index in [0.29, 0.717) is 12.1 Å². The summed E-state index contributed by atoms with van der Waals surface area (Å²) in [4.78, 5) is 20.6. The van der Waals surface area contributed by atoms with Crippen molar-refractivity contribution in [1.82, 2.24) is 14.8 Å². The molecule has 0 radical (unpaired) electrons. The zero-order valence-corrected chi connectivity index (χ0v) is 11.1. The Morgan fingerprint density at radius 3 is 2.79 bits per heavy atom. The van der Waals surface area contributed by atoms with Gasteiger partial charge >= 0.3 is 0 Å². The fraction of sp³-hybridized carbons (Fsp3) is 0.429. The third-order valence-corrected chi connectivity index (χ3v) is 3.32. The summed E-state index contributed by atoms with van der Waals surface area (Å²) in [6, 6.07) is 3.52. The maximum Gasteiger partial charge on any atom is 0.254 e. The first kappa shape index (κ1) is 13.7. The van der Waals surface area contributed by atoms with E-state index in [0.717, 1.165) is 38.4 Å². The molecule has 0 unspecified atom stereocenters. The molecule has 0 aromatic carbocycles. The molecule has 0 spiro atoms. The molecule has 1 aromatic rings. The second-order valence-electron chi connectivity index (χ2n) is 4.62. The van der Waals surface area contributed by atoms with E-state index in [4.69, 9.17) is 5.73 Å². The molecule has 102 valence electrons. The summed E-state index contributed by atoms with van der Waals surface area (Å²) in [6.45, 7) is 8.28. The maximum absolute atomic E-state index is 12.4. The number of pyridine rings is 1. The molecule has 1 aromatic heterocycles. The average molecular weight is 260 g/mol. The van der Waals surface area contributed by atoms with Crippen molar-refractivity contribution in [3.8, 4) is 0 Å². The van der Waals surface area contributed by atoms with Crippen LogP contribution in [0.3, 0.4) is 0 Å². The van der Waals surface area contributed by atoms with Crippen LogP contribution >= 0.6 is 0 Å². The Morgan fingerprint density at radius 1 is 1.42 bits per heavy atom. The summed E-state index contributed by atoms with van der Waals surface area (Å²) in [5.74, 6) is 0.0651. The Balaban J connectivity index is 1.98. The first-order chi connectivity index (χ1) is 9.24. The van der Waals surface area contributed by atoms with Crippen LogP contribution in [0.4, 0.5) is 0 Å². The smallest absolute Gasteiger partial charge is 0.254 e. The topological polar surface area (TPSA) is 62.5 Å². The molecule has 1 aliphatic heterocycles. The first-order valence-electron chi connectivity index (χ1n) is 6.52. The van der Waals surface area contributed by atoms with Crippen LogP contribution < -0.4 is 5.73 Å². The molecule has 1 fully saturated rings. The lowest BCUT2D eigenvalue weighted by Crippen LogP contribution is -2.48. The minimum atomic E-state index is 0.0651. The highest BCUT2D eigenvalue weighted by atomic mass is 16.2. The van der Waals surface area contributed by atoms with E-state index >= 15 is 0 Å². The summed E-state index contributed by atoms with van der Waals surface area (Å²) in [7, 11) is 0. The van der Waals surface area contributed by atoms with Gasteiger partial charge in [-0.05, 0) is 12.1 Å². The van der Waals surface area contributed by atoms with Gasteiger partial charge in [-0.25, -0.2) is 0 Å². The average Bonchev–Trinajstić information content (AvgIpc) is 2.48. The molecule has 0 bridgehead atoms. The number of rotatable bonds is 4. The van der Waals surface area contributed by atoms with Crippen LogP contribution in [0.5, 0.6) is 0 Å². The molecular weight excluding hydrogens is 240 g/mol. The fourth-order valence-corrected chi connectivity index (χ4v) is 2.22. The Hall–Kier alpha value is -1.72. The van der Waals surface area contributed by atoms with Gasteiger partial charge in [-0.1, -0.05) is 6.08 Å². The summed E-state index contributed by atoms with van der Waals surface area (Å²) >= 11 is 0. The van der Waals surface area contributed by atoms with Crippen LogP contribution in [0.25, 0.3) is 0 Å². The van der Waals surface area contributed by atoms with E-state index in [9.17, 15) is 4.79 Å². The summed E-state index contributed by atoms with van der Waals surface area (Å²) in [5, 5.41) is 0. The van der Waals surface area contributed by atoms with Crippen molar-refractivity contribution in [2.45, 2.75) is 6.54 Å². The highest BCUT2D eigenvalue weighted by molar-refractivity contribution is 5.94. The van der Waals surface area contributed by atoms with Gasteiger partial charge in [0.15, 0.2) is 0 Å².